The van der Waals surface area contributed by atoms with Crippen molar-refractivity contribution in [2.24, 2.45) is 0 Å². The van der Waals surface area contributed by atoms with E-state index < -0.39 is 5.97 Å². The summed E-state index contributed by atoms with van der Waals surface area (Å²) in [5.74, 6) is -0.659. The number of nitrogens with one attached hydrogen (secondary N) is 1. The number of carbonyl (C=O) groups is 2. The van der Waals surface area contributed by atoms with Crippen molar-refractivity contribution in [2.45, 2.75) is 20.8 Å². The van der Waals surface area contributed by atoms with Crippen LogP contribution < -0.4 is 0 Å². The van der Waals surface area contributed by atoms with Crippen molar-refractivity contribution in [1.29, 1.82) is 5.26 Å². The number of ether oxygens (including phenoxy) is 1. The summed E-state index contributed by atoms with van der Waals surface area (Å²) in [6.07, 6.45) is 0. The van der Waals surface area contributed by atoms with Crippen LogP contribution in [0.2, 0.25) is 0 Å². The molecular weight excluding hydrogens is 280 g/mol. The van der Waals surface area contributed by atoms with E-state index in [2.05, 4.69) is 4.98 Å². The first kappa shape index (κ1) is 15.5. The predicted octanol–water partition coefficient (Wildman–Crippen LogP) is 2.91. The van der Waals surface area contributed by atoms with Crippen molar-refractivity contribution in [1.82, 2.24) is 4.98 Å². The molecule has 0 aliphatic rings. The summed E-state index contributed by atoms with van der Waals surface area (Å²) < 4.78 is 4.98. The summed E-state index contributed by atoms with van der Waals surface area (Å²) in [4.78, 5) is 27.4. The van der Waals surface area contributed by atoms with Crippen molar-refractivity contribution in [3.05, 3.63) is 57.9 Å². The molecule has 0 fully saturated rings. The van der Waals surface area contributed by atoms with Gasteiger partial charge in [0.2, 0.25) is 0 Å². The molecule has 0 saturated heterocycles. The number of aryl methyl sites for hydroxylation is 1. The highest BCUT2D eigenvalue weighted by molar-refractivity contribution is 6.12. The number of aromatic amines is 1. The van der Waals surface area contributed by atoms with E-state index >= 15 is 0 Å². The van der Waals surface area contributed by atoms with Crippen molar-refractivity contribution in [3.63, 3.8) is 0 Å². The quantitative estimate of drug-likeness (QED) is 0.694. The zero-order valence-corrected chi connectivity index (χ0v) is 12.7. The molecule has 2 aromatic rings. The van der Waals surface area contributed by atoms with Gasteiger partial charge in [-0.25, -0.2) is 4.79 Å². The molecule has 0 saturated carbocycles. The summed E-state index contributed by atoms with van der Waals surface area (Å²) >= 11 is 0. The van der Waals surface area contributed by atoms with Crippen molar-refractivity contribution in [3.8, 4) is 6.07 Å². The average molecular weight is 296 g/mol. The van der Waals surface area contributed by atoms with Crippen molar-refractivity contribution >= 4 is 11.8 Å². The molecule has 1 heterocycles. The van der Waals surface area contributed by atoms with Gasteiger partial charge in [0.15, 0.2) is 5.78 Å². The molecule has 0 radical (unpaired) electrons. The molecule has 0 bridgehead atoms. The van der Waals surface area contributed by atoms with Crippen LogP contribution in [0.15, 0.2) is 24.3 Å². The summed E-state index contributed by atoms with van der Waals surface area (Å²) in [7, 11) is 0. The number of benzene rings is 1. The van der Waals surface area contributed by atoms with Gasteiger partial charge in [0.1, 0.15) is 5.69 Å². The Morgan fingerprint density at radius 2 is 1.86 bits per heavy atom. The molecule has 5 heteroatoms. The maximum absolute atomic E-state index is 12.6. The van der Waals surface area contributed by atoms with E-state index in [1.165, 1.54) is 0 Å². The largest absolute Gasteiger partial charge is 0.461 e. The van der Waals surface area contributed by atoms with Crippen LogP contribution in [0.5, 0.6) is 0 Å². The lowest BCUT2D eigenvalue weighted by atomic mass is 9.99. The normalized spacial score (nSPS) is 10.1. The third-order valence-corrected chi connectivity index (χ3v) is 3.42. The summed E-state index contributed by atoms with van der Waals surface area (Å²) in [6, 6.07) is 8.41. The number of carbonyl (C=O) groups excluding carboxylic acids is 2. The second kappa shape index (κ2) is 6.27. The maximum Gasteiger partial charge on any atom is 0.355 e. The fourth-order valence-corrected chi connectivity index (χ4v) is 2.34. The zero-order chi connectivity index (χ0) is 16.3. The fraction of sp³-hybridized carbons (Fsp3) is 0.235. The first-order valence-corrected chi connectivity index (χ1v) is 6.90. The number of H-pyrrole nitrogens is 1. The standard InChI is InChI=1S/C17H16N2O3/c1-4-22-17(21)15-10(2)14(11(3)19-15)16(20)13-7-5-12(9-18)6-8-13/h5-8,19H,4H2,1-3H3. The average Bonchev–Trinajstić information content (AvgIpc) is 2.82. The lowest BCUT2D eigenvalue weighted by Crippen LogP contribution is -2.08. The van der Waals surface area contributed by atoms with Crippen molar-refractivity contribution in [2.75, 3.05) is 6.61 Å². The number of hydrogen-bond acceptors (Lipinski definition) is 4. The third-order valence-electron chi connectivity index (χ3n) is 3.42. The second-order valence-corrected chi connectivity index (χ2v) is 4.86. The minimum atomic E-state index is -0.470. The number of nitriles is 1. The Kier molecular flexibility index (Phi) is 4.42. The van der Waals surface area contributed by atoms with E-state index in [9.17, 15) is 9.59 Å². The van der Waals surface area contributed by atoms with Crippen LogP contribution in [0.4, 0.5) is 0 Å². The molecule has 2 rings (SSSR count). The predicted molar refractivity (Wildman–Crippen MR) is 80.8 cm³/mol. The van der Waals surface area contributed by atoms with Gasteiger partial charge in [-0.2, -0.15) is 5.26 Å². The van der Waals surface area contributed by atoms with Crippen LogP contribution in [0.25, 0.3) is 0 Å². The fourth-order valence-electron chi connectivity index (χ4n) is 2.34. The van der Waals surface area contributed by atoms with E-state index in [0.29, 0.717) is 33.6 Å². The smallest absolute Gasteiger partial charge is 0.355 e. The first-order valence-electron chi connectivity index (χ1n) is 6.90. The summed E-state index contributed by atoms with van der Waals surface area (Å²) in [5, 5.41) is 8.80. The Hall–Kier alpha value is -2.87. The zero-order valence-electron chi connectivity index (χ0n) is 12.7. The van der Waals surface area contributed by atoms with Gasteiger partial charge in [-0.05, 0) is 50.6 Å². The number of nitrogens with zero attached hydrogens (tertiary/aromatic N) is 1. The SMILES string of the molecule is CCOC(=O)c1[nH]c(C)c(C(=O)c2ccc(C#N)cc2)c1C. The molecule has 1 aromatic carbocycles. The molecule has 0 aliphatic carbocycles. The van der Waals surface area contributed by atoms with Gasteiger partial charge in [0.25, 0.3) is 0 Å². The first-order chi connectivity index (χ1) is 10.5. The molecule has 112 valence electrons. The van der Waals surface area contributed by atoms with E-state index in [4.69, 9.17) is 10.00 Å². The Morgan fingerprint density at radius 3 is 2.41 bits per heavy atom. The third kappa shape index (κ3) is 2.77. The Labute approximate surface area is 128 Å². The highest BCUT2D eigenvalue weighted by atomic mass is 16.5. The van der Waals surface area contributed by atoms with Gasteiger partial charge < -0.3 is 9.72 Å². The number of rotatable bonds is 4. The van der Waals surface area contributed by atoms with Crippen LogP contribution >= 0.6 is 0 Å². The molecule has 22 heavy (non-hydrogen) atoms. The van der Waals surface area contributed by atoms with E-state index in [1.54, 1.807) is 45.0 Å². The molecule has 0 spiro atoms. The Balaban J connectivity index is 2.41. The molecule has 5 nitrogen and oxygen atoms in total. The molecule has 0 atom stereocenters. The second-order valence-electron chi connectivity index (χ2n) is 4.86. The van der Waals surface area contributed by atoms with Gasteiger partial charge in [-0.1, -0.05) is 0 Å². The molecule has 0 amide bonds. The van der Waals surface area contributed by atoms with Gasteiger partial charge in [0, 0.05) is 16.8 Å². The molecule has 0 aliphatic heterocycles. The van der Waals surface area contributed by atoms with Crippen LogP contribution in [-0.4, -0.2) is 23.3 Å². The molecule has 1 aromatic heterocycles. The minimum absolute atomic E-state index is 0.189. The maximum atomic E-state index is 12.6. The Morgan fingerprint density at radius 1 is 1.23 bits per heavy atom. The number of hydrogen-bond donors (Lipinski definition) is 1. The van der Waals surface area contributed by atoms with E-state index in [0.717, 1.165) is 0 Å². The van der Waals surface area contributed by atoms with Crippen LogP contribution in [0.3, 0.4) is 0 Å². The topological polar surface area (TPSA) is 83.0 Å². The highest BCUT2D eigenvalue weighted by Gasteiger charge is 2.23. The Bertz CT molecular complexity index is 764. The number of esters is 1. The molecule has 1 N–H and O–H groups in total. The monoisotopic (exact) mass is 296 g/mol. The van der Waals surface area contributed by atoms with Crippen molar-refractivity contribution < 1.29 is 14.3 Å². The highest BCUT2D eigenvalue weighted by Crippen LogP contribution is 2.22. The molecule has 0 unspecified atom stereocenters. The van der Waals surface area contributed by atoms with Gasteiger partial charge in [0.05, 0.1) is 18.2 Å². The van der Waals surface area contributed by atoms with Crippen LogP contribution in [0.1, 0.15) is 50.2 Å². The van der Waals surface area contributed by atoms with Crippen LogP contribution in [-0.2, 0) is 4.74 Å². The summed E-state index contributed by atoms with van der Waals surface area (Å²) in [5.41, 5.74) is 2.93. The lowest BCUT2D eigenvalue weighted by Gasteiger charge is -2.03. The van der Waals surface area contributed by atoms with E-state index in [1.807, 2.05) is 6.07 Å². The molecular formula is C17H16N2O3. The lowest BCUT2D eigenvalue weighted by molar-refractivity contribution is 0.0519. The van der Waals surface area contributed by atoms with Gasteiger partial charge in [-0.15, -0.1) is 0 Å². The number of aromatic nitrogens is 1. The number of ketones is 1. The van der Waals surface area contributed by atoms with Crippen LogP contribution in [0, 0.1) is 25.2 Å². The van der Waals surface area contributed by atoms with Gasteiger partial charge in [-0.3, -0.25) is 4.79 Å². The summed E-state index contributed by atoms with van der Waals surface area (Å²) in [6.45, 7) is 5.46. The van der Waals surface area contributed by atoms with Gasteiger partial charge >= 0.3 is 5.97 Å². The minimum Gasteiger partial charge on any atom is -0.461 e. The van der Waals surface area contributed by atoms with E-state index in [-0.39, 0.29) is 12.4 Å².